The van der Waals surface area contributed by atoms with Gasteiger partial charge in [-0.2, -0.15) is 0 Å². The summed E-state index contributed by atoms with van der Waals surface area (Å²) in [6, 6.07) is 2.47. The Morgan fingerprint density at radius 2 is 2.05 bits per heavy atom. The van der Waals surface area contributed by atoms with E-state index in [1.807, 2.05) is 7.05 Å². The zero-order valence-electron chi connectivity index (χ0n) is 12.0. The fourth-order valence-electron chi connectivity index (χ4n) is 2.41. The summed E-state index contributed by atoms with van der Waals surface area (Å²) in [6.07, 6.45) is 1.47. The van der Waals surface area contributed by atoms with E-state index in [9.17, 15) is 13.6 Å². The number of halogens is 2. The van der Waals surface area contributed by atoms with Crippen LogP contribution in [0.3, 0.4) is 0 Å². The number of nitrogens with one attached hydrogen (secondary N) is 2. The first-order valence-electron chi connectivity index (χ1n) is 6.87. The number of rotatable bonds is 3. The van der Waals surface area contributed by atoms with Gasteiger partial charge in [0.05, 0.1) is 11.2 Å². The molecule has 0 radical (unpaired) electrons. The summed E-state index contributed by atoms with van der Waals surface area (Å²) < 4.78 is 26.3. The van der Waals surface area contributed by atoms with E-state index in [0.29, 0.717) is 6.54 Å². The van der Waals surface area contributed by atoms with Gasteiger partial charge in [0.25, 0.3) is 0 Å². The highest BCUT2D eigenvalue weighted by Crippen LogP contribution is 2.21. The Morgan fingerprint density at radius 1 is 1.38 bits per heavy atom. The second kappa shape index (κ2) is 6.36. The average Bonchev–Trinajstić information content (AvgIpc) is 2.45. The van der Waals surface area contributed by atoms with Gasteiger partial charge in [0.2, 0.25) is 0 Å². The number of carbonyl (C=O) groups excluding carboxylic acids is 1. The molecule has 1 aliphatic rings. The van der Waals surface area contributed by atoms with Crippen LogP contribution in [-0.4, -0.2) is 43.2 Å². The van der Waals surface area contributed by atoms with Crippen LogP contribution in [0.4, 0.5) is 19.3 Å². The summed E-state index contributed by atoms with van der Waals surface area (Å²) in [6.45, 7) is 1.99. The Bertz CT molecular complexity index is 516. The molecule has 1 aromatic rings. The highest BCUT2D eigenvalue weighted by molar-refractivity contribution is 5.89. The number of hydrogen-bond donors (Lipinski definition) is 3. The topological polar surface area (TPSA) is 70.4 Å². The van der Waals surface area contributed by atoms with E-state index in [2.05, 4.69) is 15.5 Å². The first-order valence-corrected chi connectivity index (χ1v) is 6.87. The lowest BCUT2D eigenvalue weighted by atomic mass is 9.88. The van der Waals surface area contributed by atoms with Crippen LogP contribution >= 0.6 is 0 Å². The van der Waals surface area contributed by atoms with Crippen molar-refractivity contribution in [3.05, 3.63) is 29.8 Å². The Balaban J connectivity index is 2.00. The van der Waals surface area contributed by atoms with Gasteiger partial charge in [0.15, 0.2) is 0 Å². The molecule has 1 fully saturated rings. The second-order valence-electron chi connectivity index (χ2n) is 5.49. The lowest BCUT2D eigenvalue weighted by Gasteiger charge is -2.40. The number of piperidine rings is 1. The Morgan fingerprint density at radius 3 is 2.62 bits per heavy atom. The number of amides is 2. The van der Waals surface area contributed by atoms with Crippen molar-refractivity contribution in [1.82, 2.24) is 10.2 Å². The van der Waals surface area contributed by atoms with Gasteiger partial charge in [-0.05, 0) is 32.0 Å². The van der Waals surface area contributed by atoms with Gasteiger partial charge in [-0.15, -0.1) is 0 Å². The zero-order chi connectivity index (χ0) is 15.5. The van der Waals surface area contributed by atoms with Crippen LogP contribution in [0.2, 0.25) is 0 Å². The van der Waals surface area contributed by atoms with Crippen molar-refractivity contribution >= 4 is 11.7 Å². The maximum atomic E-state index is 13.5. The first kappa shape index (κ1) is 15.7. The zero-order valence-corrected chi connectivity index (χ0v) is 12.0. The van der Waals surface area contributed by atoms with Gasteiger partial charge in [0, 0.05) is 25.7 Å². The molecule has 116 valence electrons. The molecule has 1 heterocycles. The molecule has 2 amide bonds. The highest BCUT2D eigenvalue weighted by Gasteiger charge is 2.33. The molecule has 0 spiro atoms. The number of likely N-dealkylation sites (tertiary alicyclic amines) is 1. The smallest absolute Gasteiger partial charge is 0.319 e. The number of benzene rings is 1. The number of hydrogen-bond acceptors (Lipinski definition) is 3. The molecule has 0 aliphatic carbocycles. The molecule has 2 rings (SSSR count). The van der Waals surface area contributed by atoms with Crippen molar-refractivity contribution in [3.63, 3.8) is 0 Å². The van der Waals surface area contributed by atoms with Crippen molar-refractivity contribution in [3.8, 4) is 0 Å². The Labute approximate surface area is 122 Å². The molecule has 21 heavy (non-hydrogen) atoms. The predicted molar refractivity (Wildman–Crippen MR) is 77.0 cm³/mol. The number of nitrogens with zero attached hydrogens (tertiary/aromatic N) is 1. The third-order valence-corrected chi connectivity index (χ3v) is 3.89. The van der Waals surface area contributed by atoms with Crippen molar-refractivity contribution in [1.29, 1.82) is 0 Å². The normalized spacial score (nSPS) is 18.3. The van der Waals surface area contributed by atoms with Crippen LogP contribution in [0.25, 0.3) is 0 Å². The van der Waals surface area contributed by atoms with Gasteiger partial charge in [-0.3, -0.25) is 0 Å². The monoisotopic (exact) mass is 298 g/mol. The molecular formula is C14H20F2N4O. The summed E-state index contributed by atoms with van der Waals surface area (Å²) in [7, 11) is 2.01. The number of carbonyl (C=O) groups is 1. The van der Waals surface area contributed by atoms with E-state index in [0.717, 1.165) is 38.1 Å². The molecule has 4 N–H and O–H groups in total. The van der Waals surface area contributed by atoms with Crippen LogP contribution in [0.15, 0.2) is 18.2 Å². The van der Waals surface area contributed by atoms with Crippen molar-refractivity contribution in [2.75, 3.05) is 32.0 Å². The van der Waals surface area contributed by atoms with Crippen LogP contribution in [0, 0.1) is 11.6 Å². The number of anilines is 1. The van der Waals surface area contributed by atoms with E-state index in [4.69, 9.17) is 5.73 Å². The molecule has 0 aromatic heterocycles. The molecule has 0 saturated carbocycles. The Hall–Kier alpha value is -1.73. The summed E-state index contributed by atoms with van der Waals surface area (Å²) in [5.74, 6) is -1.50. The quantitative estimate of drug-likeness (QED) is 0.792. The van der Waals surface area contributed by atoms with Crippen molar-refractivity contribution in [2.45, 2.75) is 18.4 Å². The second-order valence-corrected chi connectivity index (χ2v) is 5.49. The molecule has 1 aromatic carbocycles. The summed E-state index contributed by atoms with van der Waals surface area (Å²) in [5, 5.41) is 5.22. The van der Waals surface area contributed by atoms with Gasteiger partial charge in [0.1, 0.15) is 11.6 Å². The van der Waals surface area contributed by atoms with E-state index in [1.54, 1.807) is 0 Å². The van der Waals surface area contributed by atoms with E-state index < -0.39 is 23.2 Å². The van der Waals surface area contributed by atoms with Crippen LogP contribution in [0.1, 0.15) is 12.8 Å². The molecule has 0 atom stereocenters. The molecule has 1 saturated heterocycles. The summed E-state index contributed by atoms with van der Waals surface area (Å²) in [5.41, 5.74) is 5.25. The van der Waals surface area contributed by atoms with E-state index in [1.165, 1.54) is 6.07 Å². The fraction of sp³-hybridized carbons (Fsp3) is 0.500. The van der Waals surface area contributed by atoms with Crippen LogP contribution in [-0.2, 0) is 0 Å². The van der Waals surface area contributed by atoms with E-state index in [-0.39, 0.29) is 5.69 Å². The first-order chi connectivity index (χ1) is 9.94. The lowest BCUT2D eigenvalue weighted by molar-refractivity contribution is 0.165. The summed E-state index contributed by atoms with van der Waals surface area (Å²) >= 11 is 0. The molecule has 0 bridgehead atoms. The standard InChI is InChI=1S/C14H20F2N4O/c1-20-6-4-14(9-17,5-7-20)19-13(21)18-12-3-2-10(15)8-11(12)16/h2-3,8H,4-7,9,17H2,1H3,(H2,18,19,21). The minimum Gasteiger partial charge on any atom is -0.331 e. The van der Waals surface area contributed by atoms with E-state index >= 15 is 0 Å². The van der Waals surface area contributed by atoms with Crippen LogP contribution in [0.5, 0.6) is 0 Å². The maximum absolute atomic E-state index is 13.5. The number of nitrogens with two attached hydrogens (primary N) is 1. The SMILES string of the molecule is CN1CCC(CN)(NC(=O)Nc2ccc(F)cc2F)CC1. The lowest BCUT2D eigenvalue weighted by Crippen LogP contribution is -2.59. The minimum atomic E-state index is -0.810. The summed E-state index contributed by atoms with van der Waals surface area (Å²) in [4.78, 5) is 14.2. The van der Waals surface area contributed by atoms with Crippen molar-refractivity contribution < 1.29 is 13.6 Å². The van der Waals surface area contributed by atoms with Crippen LogP contribution < -0.4 is 16.4 Å². The molecule has 1 aliphatic heterocycles. The van der Waals surface area contributed by atoms with Gasteiger partial charge < -0.3 is 21.3 Å². The van der Waals surface area contributed by atoms with Gasteiger partial charge in [-0.1, -0.05) is 0 Å². The maximum Gasteiger partial charge on any atom is 0.319 e. The van der Waals surface area contributed by atoms with Gasteiger partial charge in [-0.25, -0.2) is 13.6 Å². The minimum absolute atomic E-state index is 0.0611. The highest BCUT2D eigenvalue weighted by atomic mass is 19.1. The molecule has 5 nitrogen and oxygen atoms in total. The fourth-order valence-corrected chi connectivity index (χ4v) is 2.41. The molecule has 0 unspecified atom stereocenters. The molecular weight excluding hydrogens is 278 g/mol. The largest absolute Gasteiger partial charge is 0.331 e. The third-order valence-electron chi connectivity index (χ3n) is 3.89. The third kappa shape index (κ3) is 3.89. The average molecular weight is 298 g/mol. The van der Waals surface area contributed by atoms with Gasteiger partial charge >= 0.3 is 6.03 Å². The number of urea groups is 1. The van der Waals surface area contributed by atoms with Crippen molar-refractivity contribution in [2.24, 2.45) is 5.73 Å². The Kier molecular flexibility index (Phi) is 4.74. The molecule has 7 heteroatoms. The predicted octanol–water partition coefficient (Wildman–Crippen LogP) is 1.51.